The summed E-state index contributed by atoms with van der Waals surface area (Å²) < 4.78 is 0. The van der Waals surface area contributed by atoms with E-state index in [1.807, 2.05) is 0 Å². The van der Waals surface area contributed by atoms with Gasteiger partial charge < -0.3 is 0 Å². The van der Waals surface area contributed by atoms with Crippen molar-refractivity contribution in [3.8, 4) is 0 Å². The van der Waals surface area contributed by atoms with Crippen LogP contribution in [0.5, 0.6) is 0 Å². The molecule has 72 valence electrons. The topological polar surface area (TPSA) is 0 Å². The summed E-state index contributed by atoms with van der Waals surface area (Å²) in [5.41, 5.74) is 1.49. The van der Waals surface area contributed by atoms with E-state index < -0.39 is 8.07 Å². The van der Waals surface area contributed by atoms with Gasteiger partial charge in [0.2, 0.25) is 0 Å². The lowest BCUT2D eigenvalue weighted by atomic mass is 10.1. The summed E-state index contributed by atoms with van der Waals surface area (Å²) in [6.45, 7) is 13.6. The van der Waals surface area contributed by atoms with Gasteiger partial charge in [-0.2, -0.15) is 0 Å². The molecule has 12 heavy (non-hydrogen) atoms. The molecule has 0 aromatic heterocycles. The Morgan fingerprint density at radius 1 is 1.17 bits per heavy atom. The highest BCUT2D eigenvalue weighted by molar-refractivity contribution is 6.76. The van der Waals surface area contributed by atoms with E-state index in [4.69, 9.17) is 0 Å². The first-order chi connectivity index (χ1) is 5.45. The molecule has 1 heteroatoms. The van der Waals surface area contributed by atoms with E-state index in [9.17, 15) is 0 Å². The first-order valence-electron chi connectivity index (χ1n) is 5.12. The summed E-state index contributed by atoms with van der Waals surface area (Å²) in [5, 5.41) is 0. The van der Waals surface area contributed by atoms with Gasteiger partial charge in [0.25, 0.3) is 0 Å². The zero-order valence-corrected chi connectivity index (χ0v) is 10.2. The van der Waals surface area contributed by atoms with Crippen molar-refractivity contribution < 1.29 is 0 Å². The summed E-state index contributed by atoms with van der Waals surface area (Å²) in [4.78, 5) is 0. The molecule has 0 bridgehead atoms. The highest BCUT2D eigenvalue weighted by Gasteiger charge is 2.13. The maximum atomic E-state index is 4.15. The first-order valence-corrected chi connectivity index (χ1v) is 8.83. The minimum Gasteiger partial charge on any atom is -0.100 e. The van der Waals surface area contributed by atoms with Crippen LogP contribution in [0.25, 0.3) is 0 Å². The molecular weight excluding hydrogens is 160 g/mol. The van der Waals surface area contributed by atoms with Crippen LogP contribution in [0.2, 0.25) is 25.7 Å². The molecule has 0 aromatic rings. The van der Waals surface area contributed by atoms with Crippen LogP contribution in [0.15, 0.2) is 12.2 Å². The van der Waals surface area contributed by atoms with Crippen molar-refractivity contribution in [3.63, 3.8) is 0 Å². The Bertz CT molecular complexity index is 130. The molecule has 0 heterocycles. The van der Waals surface area contributed by atoms with Crippen molar-refractivity contribution in [1.82, 2.24) is 0 Å². The average molecular weight is 184 g/mol. The molecule has 0 aliphatic rings. The molecule has 0 saturated heterocycles. The lowest BCUT2D eigenvalue weighted by molar-refractivity contribution is 0.713. The Labute approximate surface area is 79.1 Å². The second kappa shape index (κ2) is 5.58. The van der Waals surface area contributed by atoms with Gasteiger partial charge in [0.1, 0.15) is 0 Å². The molecule has 0 spiro atoms. The lowest BCUT2D eigenvalue weighted by Gasteiger charge is -2.17. The summed E-state index contributed by atoms with van der Waals surface area (Å²) in [7, 11) is -0.880. The summed E-state index contributed by atoms with van der Waals surface area (Å²) in [6, 6.07) is 1.32. The molecule has 0 aliphatic carbocycles. The van der Waals surface area contributed by atoms with Gasteiger partial charge in [0.05, 0.1) is 0 Å². The molecule has 0 amide bonds. The number of hydrogen-bond acceptors (Lipinski definition) is 0. The molecule has 0 atom stereocenters. The first kappa shape index (κ1) is 12.0. The molecule has 0 nitrogen and oxygen atoms in total. The third-order valence-corrected chi connectivity index (χ3v) is 3.47. The third-order valence-electron chi connectivity index (χ3n) is 1.91. The maximum Gasteiger partial charge on any atom is 0.0483 e. The van der Waals surface area contributed by atoms with E-state index in [2.05, 4.69) is 33.1 Å². The molecule has 0 rings (SSSR count). The molecule has 0 radical (unpaired) electrons. The van der Waals surface area contributed by atoms with Gasteiger partial charge in [-0.25, -0.2) is 0 Å². The van der Waals surface area contributed by atoms with Crippen molar-refractivity contribution in [3.05, 3.63) is 12.2 Å². The van der Waals surface area contributed by atoms with Gasteiger partial charge in [-0.3, -0.25) is 0 Å². The van der Waals surface area contributed by atoms with E-state index in [1.54, 1.807) is 0 Å². The van der Waals surface area contributed by atoms with Crippen LogP contribution >= 0.6 is 0 Å². The van der Waals surface area contributed by atoms with Crippen molar-refractivity contribution >= 4 is 8.07 Å². The molecule has 0 aliphatic heterocycles. The van der Waals surface area contributed by atoms with Crippen LogP contribution in [0, 0.1) is 0 Å². The zero-order valence-electron chi connectivity index (χ0n) is 9.24. The van der Waals surface area contributed by atoms with Crippen LogP contribution in [-0.4, -0.2) is 8.07 Å². The fourth-order valence-corrected chi connectivity index (χ4v) is 3.14. The van der Waals surface area contributed by atoms with Crippen LogP contribution in [0.4, 0.5) is 0 Å². The lowest BCUT2D eigenvalue weighted by Crippen LogP contribution is -2.19. The van der Waals surface area contributed by atoms with Gasteiger partial charge in [-0.05, 0) is 18.9 Å². The summed E-state index contributed by atoms with van der Waals surface area (Å²) >= 11 is 0. The Morgan fingerprint density at radius 2 is 1.75 bits per heavy atom. The predicted molar refractivity (Wildman–Crippen MR) is 61.4 cm³/mol. The molecular formula is C11H24Si. The van der Waals surface area contributed by atoms with Crippen molar-refractivity contribution in [2.24, 2.45) is 0 Å². The van der Waals surface area contributed by atoms with E-state index in [0.717, 1.165) is 0 Å². The standard InChI is InChI=1S/C11H24Si/c1-6-7-8-9-11(2)10-12(3,4)5/h2,6-10H2,1,3-5H3. The van der Waals surface area contributed by atoms with E-state index in [-0.39, 0.29) is 0 Å². The Kier molecular flexibility index (Phi) is 5.56. The fraction of sp³-hybridized carbons (Fsp3) is 0.818. The molecule has 0 aromatic carbocycles. The number of allylic oxidation sites excluding steroid dienone is 1. The van der Waals surface area contributed by atoms with Crippen LogP contribution in [0.3, 0.4) is 0 Å². The second-order valence-electron chi connectivity index (χ2n) is 4.94. The minimum absolute atomic E-state index is 0.880. The number of hydrogen-bond donors (Lipinski definition) is 0. The fourth-order valence-electron chi connectivity index (χ4n) is 1.46. The van der Waals surface area contributed by atoms with Crippen LogP contribution in [0.1, 0.15) is 32.6 Å². The van der Waals surface area contributed by atoms with Gasteiger partial charge >= 0.3 is 0 Å². The van der Waals surface area contributed by atoms with E-state index >= 15 is 0 Å². The highest BCUT2D eigenvalue weighted by atomic mass is 28.3. The highest BCUT2D eigenvalue weighted by Crippen LogP contribution is 2.19. The smallest absolute Gasteiger partial charge is 0.0483 e. The Balaban J connectivity index is 3.47. The molecule has 0 saturated carbocycles. The monoisotopic (exact) mass is 184 g/mol. The van der Waals surface area contributed by atoms with E-state index in [0.29, 0.717) is 0 Å². The summed E-state index contributed by atoms with van der Waals surface area (Å²) in [6.07, 6.45) is 5.29. The minimum atomic E-state index is -0.880. The third kappa shape index (κ3) is 8.06. The Morgan fingerprint density at radius 3 is 2.17 bits per heavy atom. The second-order valence-corrected chi connectivity index (χ2v) is 10.4. The predicted octanol–water partition coefficient (Wildman–Crippen LogP) is 4.46. The van der Waals surface area contributed by atoms with E-state index in [1.165, 1.54) is 37.3 Å². The van der Waals surface area contributed by atoms with Gasteiger partial charge in [0.15, 0.2) is 0 Å². The maximum absolute atomic E-state index is 4.15. The van der Waals surface area contributed by atoms with Crippen molar-refractivity contribution in [2.75, 3.05) is 0 Å². The van der Waals surface area contributed by atoms with Crippen molar-refractivity contribution in [2.45, 2.75) is 58.3 Å². The zero-order chi connectivity index (χ0) is 9.61. The average Bonchev–Trinajstić information content (AvgIpc) is 1.84. The SMILES string of the molecule is C=C(CCCCC)C[Si](C)(C)C. The van der Waals surface area contributed by atoms with Crippen LogP contribution in [-0.2, 0) is 0 Å². The van der Waals surface area contributed by atoms with Crippen molar-refractivity contribution in [1.29, 1.82) is 0 Å². The molecule has 0 fully saturated rings. The van der Waals surface area contributed by atoms with Gasteiger partial charge in [-0.15, -0.1) is 6.58 Å². The number of rotatable bonds is 6. The van der Waals surface area contributed by atoms with Crippen LogP contribution < -0.4 is 0 Å². The summed E-state index contributed by atoms with van der Waals surface area (Å²) in [5.74, 6) is 0. The Hall–Kier alpha value is -0.0431. The van der Waals surface area contributed by atoms with Gasteiger partial charge in [-0.1, -0.05) is 45.0 Å². The van der Waals surface area contributed by atoms with Gasteiger partial charge in [0, 0.05) is 8.07 Å². The molecule has 0 unspecified atom stereocenters. The normalized spacial score (nSPS) is 11.7. The number of unbranched alkanes of at least 4 members (excludes halogenated alkanes) is 2. The molecule has 0 N–H and O–H groups in total. The largest absolute Gasteiger partial charge is 0.100 e. The quantitative estimate of drug-likeness (QED) is 0.325.